The third kappa shape index (κ3) is 8.85. The fourth-order valence-corrected chi connectivity index (χ4v) is 5.31. The van der Waals surface area contributed by atoms with Crippen LogP contribution in [0.1, 0.15) is 64.4 Å². The number of hydrogen-bond donors (Lipinski definition) is 3. The number of ether oxygens (including phenoxy) is 1. The molecular weight excluding hydrogens is 492 g/mol. The number of amides is 2. The highest BCUT2D eigenvalue weighted by molar-refractivity contribution is 5.88. The van der Waals surface area contributed by atoms with Crippen molar-refractivity contribution in [3.63, 3.8) is 0 Å². The molecular formula is C29H43F2N3O4. The number of likely N-dealkylation sites (N-methyl/N-ethyl adjacent to an activating group) is 1. The maximum Gasteiger partial charge on any atom is 0.243 e. The standard InChI is InChI=1S/C29H43F2N3O4/c1-4-5-8-19(2)29(37)34(3)26-9-6-7-12-38-24-11-10-23(17-24)32-18-27(35)25(33-28(26)36)15-20-13-21(30)16-22(31)14-20/h6-7,13-14,16,19,23-27,32,35H,4-5,8-12,15,17-18H2,1-3H3,(H,33,36)/t19-,23-,24+,25-,26?,27+/m0/s1. The Labute approximate surface area is 225 Å². The first-order valence-electron chi connectivity index (χ1n) is 13.9. The molecule has 0 saturated heterocycles. The fraction of sp³-hybridized carbons (Fsp3) is 0.655. The van der Waals surface area contributed by atoms with Gasteiger partial charge < -0.3 is 25.4 Å². The first-order chi connectivity index (χ1) is 18.2. The van der Waals surface area contributed by atoms with Crippen LogP contribution < -0.4 is 10.6 Å². The van der Waals surface area contributed by atoms with E-state index in [-0.39, 0.29) is 43.4 Å². The molecule has 0 spiro atoms. The molecule has 6 atom stereocenters. The molecule has 1 aliphatic carbocycles. The van der Waals surface area contributed by atoms with Crippen LogP contribution in [0.4, 0.5) is 8.78 Å². The summed E-state index contributed by atoms with van der Waals surface area (Å²) >= 11 is 0. The average Bonchev–Trinajstić information content (AvgIpc) is 3.33. The lowest BCUT2D eigenvalue weighted by atomic mass is 9.98. The number of hydrogen-bond acceptors (Lipinski definition) is 5. The Kier molecular flexibility index (Phi) is 11.7. The number of halogens is 2. The third-order valence-electron chi connectivity index (χ3n) is 7.65. The Bertz CT molecular complexity index is 940. The van der Waals surface area contributed by atoms with Gasteiger partial charge in [0.15, 0.2) is 0 Å². The Morgan fingerprint density at radius 1 is 1.21 bits per heavy atom. The second-order valence-corrected chi connectivity index (χ2v) is 10.8. The zero-order chi connectivity index (χ0) is 27.7. The van der Waals surface area contributed by atoms with E-state index in [4.69, 9.17) is 4.74 Å². The number of nitrogens with one attached hydrogen (secondary N) is 2. The first-order valence-corrected chi connectivity index (χ1v) is 13.9. The number of benzene rings is 1. The minimum absolute atomic E-state index is 0.0345. The van der Waals surface area contributed by atoms with Crippen LogP contribution in [0.3, 0.4) is 0 Å². The van der Waals surface area contributed by atoms with Crippen LogP contribution in [-0.4, -0.2) is 72.4 Å². The van der Waals surface area contributed by atoms with Gasteiger partial charge in [0.05, 0.1) is 24.9 Å². The lowest BCUT2D eigenvalue weighted by molar-refractivity contribution is -0.142. The summed E-state index contributed by atoms with van der Waals surface area (Å²) in [6.45, 7) is 4.56. The predicted octanol–water partition coefficient (Wildman–Crippen LogP) is 3.49. The molecule has 1 aliphatic heterocycles. The summed E-state index contributed by atoms with van der Waals surface area (Å²) in [5.74, 6) is -2.21. The van der Waals surface area contributed by atoms with Crippen LogP contribution in [0, 0.1) is 17.6 Å². The van der Waals surface area contributed by atoms with Crippen LogP contribution >= 0.6 is 0 Å². The summed E-state index contributed by atoms with van der Waals surface area (Å²) in [6.07, 6.45) is 8.42. The number of fused-ring (bicyclic) bond motifs is 2. The third-order valence-corrected chi connectivity index (χ3v) is 7.65. The summed E-state index contributed by atoms with van der Waals surface area (Å²) in [5, 5.41) is 17.4. The molecule has 3 N–H and O–H groups in total. The van der Waals surface area contributed by atoms with E-state index in [1.54, 1.807) is 7.05 Å². The van der Waals surface area contributed by atoms with E-state index >= 15 is 0 Å². The number of rotatable bonds is 7. The van der Waals surface area contributed by atoms with Crippen molar-refractivity contribution in [2.45, 2.75) is 95.5 Å². The summed E-state index contributed by atoms with van der Waals surface area (Å²) in [7, 11) is 1.63. The van der Waals surface area contributed by atoms with E-state index in [9.17, 15) is 23.5 Å². The maximum atomic E-state index is 13.9. The van der Waals surface area contributed by atoms with Crippen molar-refractivity contribution in [1.29, 1.82) is 0 Å². The maximum absolute atomic E-state index is 13.9. The molecule has 0 aromatic heterocycles. The lowest BCUT2D eigenvalue weighted by Gasteiger charge is -2.32. The molecule has 2 aliphatic rings. The Balaban J connectivity index is 1.85. The SMILES string of the molecule is CCCC[C@H](C)C(=O)N(C)C1CC=CCO[C@@H]2CC[C@@H](C2)NC[C@@H](O)[C@H](Cc2cc(F)cc(F)c2)NC1=O. The van der Waals surface area contributed by atoms with Gasteiger partial charge in [0.25, 0.3) is 0 Å². The van der Waals surface area contributed by atoms with Crippen molar-refractivity contribution in [2.75, 3.05) is 20.2 Å². The summed E-state index contributed by atoms with van der Waals surface area (Å²) in [5.41, 5.74) is 0.327. The van der Waals surface area contributed by atoms with Crippen molar-refractivity contribution in [3.8, 4) is 0 Å². The van der Waals surface area contributed by atoms with Gasteiger partial charge in [-0.2, -0.15) is 0 Å². The largest absolute Gasteiger partial charge is 0.390 e. The molecule has 1 heterocycles. The monoisotopic (exact) mass is 535 g/mol. The van der Waals surface area contributed by atoms with Gasteiger partial charge in [-0.05, 0) is 56.2 Å². The van der Waals surface area contributed by atoms with Crippen LogP contribution in [0.2, 0.25) is 0 Å². The molecule has 2 amide bonds. The number of carbonyl (C=O) groups is 2. The highest BCUT2D eigenvalue weighted by atomic mass is 19.1. The summed E-state index contributed by atoms with van der Waals surface area (Å²) in [4.78, 5) is 28.2. The van der Waals surface area contributed by atoms with Gasteiger partial charge >= 0.3 is 0 Å². The lowest BCUT2D eigenvalue weighted by Crippen LogP contribution is -2.55. The second kappa shape index (κ2) is 14.7. The zero-order valence-electron chi connectivity index (χ0n) is 22.8. The topological polar surface area (TPSA) is 90.9 Å². The number of aliphatic hydroxyl groups excluding tert-OH is 1. The quantitative estimate of drug-likeness (QED) is 0.465. The van der Waals surface area contributed by atoms with Crippen LogP contribution in [0.5, 0.6) is 0 Å². The van der Waals surface area contributed by atoms with Crippen LogP contribution in [0.15, 0.2) is 30.4 Å². The minimum Gasteiger partial charge on any atom is -0.390 e. The van der Waals surface area contributed by atoms with Gasteiger partial charge in [-0.25, -0.2) is 8.78 Å². The highest BCUT2D eigenvalue weighted by Crippen LogP contribution is 2.23. The van der Waals surface area contributed by atoms with E-state index in [1.807, 2.05) is 19.1 Å². The van der Waals surface area contributed by atoms with Gasteiger partial charge in [-0.1, -0.05) is 38.8 Å². The van der Waals surface area contributed by atoms with Gasteiger partial charge in [0, 0.05) is 31.6 Å². The van der Waals surface area contributed by atoms with Gasteiger partial charge in [-0.3, -0.25) is 9.59 Å². The Morgan fingerprint density at radius 3 is 2.66 bits per heavy atom. The molecule has 1 unspecified atom stereocenters. The summed E-state index contributed by atoms with van der Waals surface area (Å²) < 4.78 is 33.8. The van der Waals surface area contributed by atoms with Gasteiger partial charge in [0.1, 0.15) is 17.7 Å². The fourth-order valence-electron chi connectivity index (χ4n) is 5.31. The highest BCUT2D eigenvalue weighted by Gasteiger charge is 2.33. The normalized spacial score (nSPS) is 27.7. The minimum atomic E-state index is -1.02. The van der Waals surface area contributed by atoms with Crippen molar-refractivity contribution in [1.82, 2.24) is 15.5 Å². The zero-order valence-corrected chi connectivity index (χ0v) is 22.8. The van der Waals surface area contributed by atoms with Crippen molar-refractivity contribution >= 4 is 11.8 Å². The van der Waals surface area contributed by atoms with Gasteiger partial charge in [-0.15, -0.1) is 0 Å². The van der Waals surface area contributed by atoms with Crippen molar-refractivity contribution in [3.05, 3.63) is 47.5 Å². The number of unbranched alkanes of at least 4 members (excludes halogenated alkanes) is 1. The van der Waals surface area contributed by atoms with Crippen molar-refractivity contribution < 1.29 is 28.2 Å². The second-order valence-electron chi connectivity index (χ2n) is 10.8. The molecule has 38 heavy (non-hydrogen) atoms. The number of carbonyl (C=O) groups excluding carboxylic acids is 2. The van der Waals surface area contributed by atoms with Crippen LogP contribution in [0.25, 0.3) is 0 Å². The van der Waals surface area contributed by atoms with E-state index in [0.717, 1.165) is 44.6 Å². The average molecular weight is 536 g/mol. The number of aliphatic hydroxyl groups is 1. The molecule has 2 bridgehead atoms. The Morgan fingerprint density at radius 2 is 1.95 bits per heavy atom. The number of β-amino-alcohol motifs (C(OH)–C–C–N with tert-alkyl or cyclic N) is 1. The van der Waals surface area contributed by atoms with E-state index in [0.29, 0.717) is 12.2 Å². The molecule has 0 radical (unpaired) electrons. The van der Waals surface area contributed by atoms with Crippen LogP contribution in [-0.2, 0) is 20.7 Å². The molecule has 1 fully saturated rings. The molecule has 1 aromatic carbocycles. The Hall–Kier alpha value is -2.36. The van der Waals surface area contributed by atoms with Gasteiger partial charge in [0.2, 0.25) is 11.8 Å². The molecule has 1 aromatic rings. The molecule has 7 nitrogen and oxygen atoms in total. The predicted molar refractivity (Wildman–Crippen MR) is 142 cm³/mol. The molecule has 9 heteroatoms. The summed E-state index contributed by atoms with van der Waals surface area (Å²) in [6, 6.07) is 1.74. The molecule has 212 valence electrons. The van der Waals surface area contributed by atoms with E-state index in [2.05, 4.69) is 17.6 Å². The first kappa shape index (κ1) is 30.2. The van der Waals surface area contributed by atoms with Crippen molar-refractivity contribution in [2.24, 2.45) is 5.92 Å². The number of nitrogens with zero attached hydrogens (tertiary/aromatic N) is 1. The van der Waals surface area contributed by atoms with E-state index in [1.165, 1.54) is 17.0 Å². The smallest absolute Gasteiger partial charge is 0.243 e. The van der Waals surface area contributed by atoms with E-state index < -0.39 is 35.7 Å². The molecule has 3 rings (SSSR count). The molecule has 1 saturated carbocycles.